The second-order valence-electron chi connectivity index (χ2n) is 8.36. The molecule has 2 aromatic carbocycles. The predicted octanol–water partition coefficient (Wildman–Crippen LogP) is 4.39. The molecule has 1 fully saturated rings. The number of nitrogens with zero attached hydrogens (tertiary/aromatic N) is 2. The van der Waals surface area contributed by atoms with Gasteiger partial charge in [-0.2, -0.15) is 17.7 Å². The first-order valence-electron chi connectivity index (χ1n) is 10.8. The van der Waals surface area contributed by atoms with Gasteiger partial charge in [-0.05, 0) is 55.9 Å². The maximum absolute atomic E-state index is 13.5. The number of benzene rings is 2. The first kappa shape index (κ1) is 26.6. The molecule has 2 aromatic rings. The lowest BCUT2D eigenvalue weighted by atomic mass is 10.0. The van der Waals surface area contributed by atoms with Crippen molar-refractivity contribution in [3.8, 4) is 0 Å². The Morgan fingerprint density at radius 1 is 1.15 bits per heavy atom. The number of hydrogen-bond donors (Lipinski definition) is 2. The van der Waals surface area contributed by atoms with Crippen molar-refractivity contribution in [2.75, 3.05) is 39.0 Å². The lowest BCUT2D eigenvalue weighted by Gasteiger charge is -2.32. The summed E-state index contributed by atoms with van der Waals surface area (Å²) in [6.07, 6.45) is -4.60. The fourth-order valence-corrected chi connectivity index (χ4v) is 5.10. The molecule has 34 heavy (non-hydrogen) atoms. The number of hydrogen-bond acceptors (Lipinski definition) is 4. The molecule has 6 nitrogen and oxygen atoms in total. The van der Waals surface area contributed by atoms with Crippen LogP contribution < -0.4 is 5.32 Å². The Bertz CT molecular complexity index is 1090. The summed E-state index contributed by atoms with van der Waals surface area (Å²) in [6, 6.07) is 7.73. The second-order valence-corrected chi connectivity index (χ2v) is 11.1. The van der Waals surface area contributed by atoms with E-state index in [4.69, 9.17) is 11.6 Å². The lowest BCUT2D eigenvalue weighted by molar-refractivity contribution is -0.137. The number of alkyl halides is 3. The van der Waals surface area contributed by atoms with Crippen LogP contribution in [0.4, 0.5) is 13.2 Å². The van der Waals surface area contributed by atoms with Gasteiger partial charge >= 0.3 is 6.18 Å². The molecule has 1 aliphatic rings. The van der Waals surface area contributed by atoms with Crippen LogP contribution in [0.15, 0.2) is 41.3 Å². The lowest BCUT2D eigenvalue weighted by Crippen LogP contribution is -2.43. The molecule has 186 valence electrons. The number of amides is 1. The van der Waals surface area contributed by atoms with Crippen molar-refractivity contribution >= 4 is 27.7 Å². The van der Waals surface area contributed by atoms with Gasteiger partial charge in [0.25, 0.3) is 5.91 Å². The highest BCUT2D eigenvalue weighted by atomic mass is 35.5. The average molecular weight is 519 g/mol. The maximum Gasteiger partial charge on any atom is 0.416 e. The summed E-state index contributed by atoms with van der Waals surface area (Å²) in [7, 11) is -1.34. The van der Waals surface area contributed by atoms with Crippen LogP contribution in [0.5, 0.6) is 0 Å². The van der Waals surface area contributed by atoms with Crippen LogP contribution in [-0.4, -0.2) is 59.2 Å². The second kappa shape index (κ2) is 10.7. The first-order chi connectivity index (χ1) is 15.9. The van der Waals surface area contributed by atoms with Crippen molar-refractivity contribution in [2.24, 2.45) is 0 Å². The van der Waals surface area contributed by atoms with Crippen molar-refractivity contribution in [2.45, 2.75) is 31.1 Å². The van der Waals surface area contributed by atoms with E-state index < -0.39 is 27.9 Å². The Labute approximate surface area is 203 Å². The molecule has 1 unspecified atom stereocenters. The number of likely N-dealkylation sites (N-methyl/N-ethyl adjacent to an activating group) is 1. The molecular formula is C23H28ClF3N3O3S+. The van der Waals surface area contributed by atoms with Crippen LogP contribution in [0.3, 0.4) is 0 Å². The van der Waals surface area contributed by atoms with Crippen molar-refractivity contribution in [1.29, 1.82) is 0 Å². The molecule has 1 atom stereocenters. The van der Waals surface area contributed by atoms with Crippen molar-refractivity contribution in [1.82, 2.24) is 15.1 Å². The molecule has 0 radical (unpaired) electrons. The number of nitrogens with one attached hydrogen (secondary N) is 1. The Kier molecular flexibility index (Phi) is 8.41. The maximum atomic E-state index is 13.5. The summed E-state index contributed by atoms with van der Waals surface area (Å²) in [6.45, 7) is 4.80. The van der Waals surface area contributed by atoms with E-state index in [-0.39, 0.29) is 22.8 Å². The summed E-state index contributed by atoms with van der Waals surface area (Å²) in [4.78, 5) is 17.2. The van der Waals surface area contributed by atoms with Gasteiger partial charge in [0.1, 0.15) is 5.75 Å². The molecule has 0 bridgehead atoms. The number of halogens is 4. The number of carbonyl (C=O) groups is 1. The third-order valence-electron chi connectivity index (χ3n) is 5.78. The van der Waals surface area contributed by atoms with Crippen molar-refractivity contribution < 1.29 is 26.7 Å². The van der Waals surface area contributed by atoms with Crippen LogP contribution in [0.2, 0.25) is 5.02 Å². The van der Waals surface area contributed by atoms with E-state index in [1.165, 1.54) is 24.3 Å². The molecule has 0 aromatic heterocycles. The largest absolute Gasteiger partial charge is 0.416 e. The van der Waals surface area contributed by atoms with Crippen LogP contribution >= 0.6 is 11.6 Å². The highest BCUT2D eigenvalue weighted by Crippen LogP contribution is 2.31. The third-order valence-corrected chi connectivity index (χ3v) is 7.88. The minimum absolute atomic E-state index is 0.0289. The zero-order valence-corrected chi connectivity index (χ0v) is 20.6. The molecule has 0 saturated carbocycles. The first-order valence-corrected chi connectivity index (χ1v) is 12.9. The number of piperazine rings is 1. The molecule has 1 amide bonds. The predicted molar refractivity (Wildman–Crippen MR) is 126 cm³/mol. The van der Waals surface area contributed by atoms with E-state index in [2.05, 4.69) is 15.1 Å². The minimum Gasteiger partial charge on any atom is -0.348 e. The summed E-state index contributed by atoms with van der Waals surface area (Å²) in [5.41, 5.74) is -0.281. The highest BCUT2D eigenvalue weighted by molar-refractivity contribution is 7.97. The van der Waals surface area contributed by atoms with Gasteiger partial charge in [-0.3, -0.25) is 9.69 Å². The molecule has 1 heterocycles. The Hall–Kier alpha value is -1.98. The van der Waals surface area contributed by atoms with Crippen molar-refractivity contribution in [3.63, 3.8) is 0 Å². The molecule has 1 saturated heterocycles. The van der Waals surface area contributed by atoms with Crippen LogP contribution in [0.25, 0.3) is 0 Å². The van der Waals surface area contributed by atoms with Gasteiger partial charge in [0.2, 0.25) is 10.2 Å². The van der Waals surface area contributed by atoms with Gasteiger partial charge in [-0.15, -0.1) is 0 Å². The Morgan fingerprint density at radius 3 is 2.44 bits per heavy atom. The Balaban J connectivity index is 1.83. The normalized spacial score (nSPS) is 17.4. The summed E-state index contributed by atoms with van der Waals surface area (Å²) in [5.74, 6) is -0.739. The van der Waals surface area contributed by atoms with Gasteiger partial charge < -0.3 is 10.2 Å². The van der Waals surface area contributed by atoms with E-state index >= 15 is 0 Å². The SMILES string of the molecule is CC[S+](=O)(O)c1ccc(Cl)cc1CNC(=O)c1cc(CN2CCN(C)CC2)cc(C(F)(F)F)c1. The van der Waals surface area contributed by atoms with Crippen molar-refractivity contribution in [3.05, 3.63) is 63.7 Å². The molecular weight excluding hydrogens is 491 g/mol. The zero-order valence-electron chi connectivity index (χ0n) is 19.0. The highest BCUT2D eigenvalue weighted by Gasteiger charge is 2.33. The Morgan fingerprint density at radius 2 is 1.82 bits per heavy atom. The van der Waals surface area contributed by atoms with E-state index in [1.54, 1.807) is 6.92 Å². The van der Waals surface area contributed by atoms with Gasteiger partial charge in [0.05, 0.1) is 5.56 Å². The topological polar surface area (TPSA) is 72.9 Å². The van der Waals surface area contributed by atoms with Crippen LogP contribution in [0.1, 0.15) is 34.0 Å². The molecule has 11 heteroatoms. The number of carbonyl (C=O) groups excluding carboxylic acids is 1. The monoisotopic (exact) mass is 518 g/mol. The van der Waals surface area contributed by atoms with E-state index in [0.717, 1.165) is 38.3 Å². The molecule has 0 aliphatic carbocycles. The molecule has 0 spiro atoms. The molecule has 3 rings (SSSR count). The quantitative estimate of drug-likeness (QED) is 0.532. The van der Waals surface area contributed by atoms with Gasteiger partial charge in [0.15, 0.2) is 4.90 Å². The fourth-order valence-electron chi connectivity index (χ4n) is 3.77. The number of rotatable bonds is 7. The van der Waals surface area contributed by atoms with Gasteiger partial charge in [0, 0.05) is 55.4 Å². The zero-order chi connectivity index (χ0) is 25.1. The standard InChI is InChI=1S/C23H27ClF3N3O3S/c1-3-34(32,33)21-5-4-20(24)13-18(21)14-28-22(31)17-10-16(11-19(12-17)23(25,26)27)15-30-8-6-29(2)7-9-30/h4-5,10-13H,3,6-9,14-15H2,1-2H3,(H-,28,31,32,33)/p+1. The minimum atomic E-state index is -4.60. The van der Waals surface area contributed by atoms with E-state index in [1.807, 2.05) is 7.05 Å². The molecule has 2 N–H and O–H groups in total. The summed E-state index contributed by atoms with van der Waals surface area (Å²) < 4.78 is 63.3. The van der Waals surface area contributed by atoms with E-state index in [0.29, 0.717) is 22.7 Å². The summed E-state index contributed by atoms with van der Waals surface area (Å²) in [5, 5.41) is 2.89. The van der Waals surface area contributed by atoms with Gasteiger partial charge in [-0.25, -0.2) is 0 Å². The van der Waals surface area contributed by atoms with Crippen LogP contribution in [-0.2, 0) is 33.7 Å². The van der Waals surface area contributed by atoms with Crippen LogP contribution in [0, 0.1) is 0 Å². The fraction of sp³-hybridized carbons (Fsp3) is 0.435. The molecule has 1 aliphatic heterocycles. The third kappa shape index (κ3) is 6.79. The average Bonchev–Trinajstić information content (AvgIpc) is 2.78. The van der Waals surface area contributed by atoms with E-state index in [9.17, 15) is 26.7 Å². The smallest absolute Gasteiger partial charge is 0.348 e. The van der Waals surface area contributed by atoms with Gasteiger partial charge in [-0.1, -0.05) is 15.8 Å². The summed E-state index contributed by atoms with van der Waals surface area (Å²) >= 11 is 6.02.